The summed E-state index contributed by atoms with van der Waals surface area (Å²) >= 11 is 0. The summed E-state index contributed by atoms with van der Waals surface area (Å²) in [5.41, 5.74) is 1.85. The number of hydrogen-bond acceptors (Lipinski definition) is 1. The fourth-order valence-corrected chi connectivity index (χ4v) is 1.54. The predicted octanol–water partition coefficient (Wildman–Crippen LogP) is 1.07. The van der Waals surface area contributed by atoms with Gasteiger partial charge in [-0.3, -0.25) is 4.79 Å². The third-order valence-corrected chi connectivity index (χ3v) is 2.74. The molecule has 1 fully saturated rings. The zero-order chi connectivity index (χ0) is 10.8. The number of amides is 1. The molecule has 2 nitrogen and oxygen atoms in total. The lowest BCUT2D eigenvalue weighted by molar-refractivity contribution is -0.122. The van der Waals surface area contributed by atoms with Gasteiger partial charge in [-0.1, -0.05) is 29.7 Å². The molecule has 0 saturated heterocycles. The maximum absolute atomic E-state index is 11.5. The van der Waals surface area contributed by atoms with E-state index in [2.05, 4.69) is 5.32 Å². The van der Waals surface area contributed by atoms with Gasteiger partial charge in [-0.05, 0) is 25.3 Å². The lowest BCUT2D eigenvalue weighted by Gasteiger charge is -2.14. The Balaban J connectivity index is 1.97. The maximum Gasteiger partial charge on any atom is 0.223 e. The van der Waals surface area contributed by atoms with Crippen molar-refractivity contribution in [3.63, 3.8) is 0 Å². The van der Waals surface area contributed by atoms with Crippen molar-refractivity contribution in [1.82, 2.24) is 5.32 Å². The van der Waals surface area contributed by atoms with Crippen LogP contribution >= 0.6 is 0 Å². The number of nitrogens with one attached hydrogen (secondary N) is 1. The SMILES string of the molecule is [B]c1ccc([C@H](C)NC(=O)C2CC2)cc1. The van der Waals surface area contributed by atoms with Gasteiger partial charge >= 0.3 is 0 Å². The molecule has 2 rings (SSSR count). The van der Waals surface area contributed by atoms with Crippen molar-refractivity contribution in [2.75, 3.05) is 0 Å². The van der Waals surface area contributed by atoms with Crippen LogP contribution in [0.2, 0.25) is 0 Å². The topological polar surface area (TPSA) is 29.1 Å². The third-order valence-electron chi connectivity index (χ3n) is 2.74. The van der Waals surface area contributed by atoms with Gasteiger partial charge in [0, 0.05) is 5.92 Å². The Labute approximate surface area is 91.5 Å². The summed E-state index contributed by atoms with van der Waals surface area (Å²) in [6, 6.07) is 7.68. The van der Waals surface area contributed by atoms with Crippen molar-refractivity contribution >= 4 is 19.2 Å². The molecule has 1 aromatic rings. The predicted molar refractivity (Wildman–Crippen MR) is 61.1 cm³/mol. The van der Waals surface area contributed by atoms with E-state index in [1.807, 2.05) is 31.2 Å². The molecule has 1 aliphatic rings. The van der Waals surface area contributed by atoms with E-state index in [1.54, 1.807) is 0 Å². The lowest BCUT2D eigenvalue weighted by Crippen LogP contribution is -2.28. The van der Waals surface area contributed by atoms with Crippen LogP contribution in [0.4, 0.5) is 0 Å². The zero-order valence-corrected chi connectivity index (χ0v) is 8.86. The van der Waals surface area contributed by atoms with Gasteiger partial charge in [0.2, 0.25) is 5.91 Å². The highest BCUT2D eigenvalue weighted by molar-refractivity contribution is 6.32. The smallest absolute Gasteiger partial charge is 0.223 e. The maximum atomic E-state index is 11.5. The fourth-order valence-electron chi connectivity index (χ4n) is 1.54. The summed E-state index contributed by atoms with van der Waals surface area (Å²) in [5, 5.41) is 3.00. The Morgan fingerprint density at radius 3 is 2.53 bits per heavy atom. The molecule has 1 saturated carbocycles. The van der Waals surface area contributed by atoms with Crippen molar-refractivity contribution in [2.24, 2.45) is 5.92 Å². The summed E-state index contributed by atoms with van der Waals surface area (Å²) < 4.78 is 0. The van der Waals surface area contributed by atoms with E-state index in [4.69, 9.17) is 7.85 Å². The molecule has 1 N–H and O–H groups in total. The van der Waals surface area contributed by atoms with E-state index in [9.17, 15) is 4.79 Å². The minimum absolute atomic E-state index is 0.0682. The number of rotatable bonds is 3. The van der Waals surface area contributed by atoms with Crippen LogP contribution in [0, 0.1) is 5.92 Å². The molecule has 1 aromatic carbocycles. The van der Waals surface area contributed by atoms with Crippen LogP contribution in [0.5, 0.6) is 0 Å². The van der Waals surface area contributed by atoms with Crippen molar-refractivity contribution in [3.8, 4) is 0 Å². The summed E-state index contributed by atoms with van der Waals surface area (Å²) in [6.45, 7) is 1.99. The summed E-state index contributed by atoms with van der Waals surface area (Å²) in [6.07, 6.45) is 2.08. The molecule has 0 aliphatic heterocycles. The van der Waals surface area contributed by atoms with Gasteiger partial charge in [-0.2, -0.15) is 0 Å². The van der Waals surface area contributed by atoms with Crippen molar-refractivity contribution in [1.29, 1.82) is 0 Å². The Bertz CT molecular complexity index is 356. The Morgan fingerprint density at radius 2 is 2.00 bits per heavy atom. The van der Waals surface area contributed by atoms with Crippen LogP contribution in [0.1, 0.15) is 31.4 Å². The van der Waals surface area contributed by atoms with Gasteiger partial charge in [-0.25, -0.2) is 0 Å². The molecule has 0 bridgehead atoms. The van der Waals surface area contributed by atoms with Crippen LogP contribution < -0.4 is 10.8 Å². The Morgan fingerprint density at radius 1 is 1.40 bits per heavy atom. The van der Waals surface area contributed by atoms with Crippen molar-refractivity contribution in [2.45, 2.75) is 25.8 Å². The fraction of sp³-hybridized carbons (Fsp3) is 0.417. The normalized spacial score (nSPS) is 17.1. The van der Waals surface area contributed by atoms with E-state index >= 15 is 0 Å². The van der Waals surface area contributed by atoms with Crippen molar-refractivity contribution in [3.05, 3.63) is 29.8 Å². The molecular formula is C12H14BNO. The average molecular weight is 199 g/mol. The van der Waals surface area contributed by atoms with Crippen LogP contribution in [-0.2, 0) is 4.79 Å². The van der Waals surface area contributed by atoms with Gasteiger partial charge in [0.1, 0.15) is 7.85 Å². The molecule has 76 valence electrons. The second kappa shape index (κ2) is 4.09. The Kier molecular flexibility index (Phi) is 2.80. The highest BCUT2D eigenvalue weighted by Gasteiger charge is 2.30. The molecule has 2 radical (unpaired) electrons. The number of benzene rings is 1. The van der Waals surface area contributed by atoms with Gasteiger partial charge in [0.05, 0.1) is 6.04 Å². The highest BCUT2D eigenvalue weighted by Crippen LogP contribution is 2.29. The van der Waals surface area contributed by atoms with E-state index in [0.29, 0.717) is 0 Å². The molecule has 1 aliphatic carbocycles. The second-order valence-electron chi connectivity index (χ2n) is 4.17. The van der Waals surface area contributed by atoms with Gasteiger partial charge < -0.3 is 5.32 Å². The molecule has 0 aromatic heterocycles. The quantitative estimate of drug-likeness (QED) is 0.724. The van der Waals surface area contributed by atoms with E-state index in [-0.39, 0.29) is 17.9 Å². The monoisotopic (exact) mass is 199 g/mol. The molecule has 1 atom stereocenters. The largest absolute Gasteiger partial charge is 0.349 e. The third kappa shape index (κ3) is 2.61. The molecule has 1 amide bonds. The standard InChI is InChI=1S/C12H14BNO/c1-8(14-12(15)10-2-3-10)9-4-6-11(13)7-5-9/h4-8,10H,2-3H2,1H3,(H,14,15)/t8-/m0/s1. The highest BCUT2D eigenvalue weighted by atomic mass is 16.2. The zero-order valence-electron chi connectivity index (χ0n) is 8.86. The van der Waals surface area contributed by atoms with Crippen LogP contribution in [0.25, 0.3) is 0 Å². The molecule has 3 heteroatoms. The van der Waals surface area contributed by atoms with Gasteiger partial charge in [0.25, 0.3) is 0 Å². The first kappa shape index (κ1) is 10.3. The minimum atomic E-state index is 0.0682. The van der Waals surface area contributed by atoms with Gasteiger partial charge in [-0.15, -0.1) is 0 Å². The first-order valence-electron chi connectivity index (χ1n) is 5.32. The molecule has 0 unspecified atom stereocenters. The summed E-state index contributed by atoms with van der Waals surface area (Å²) in [4.78, 5) is 11.5. The molecule has 0 heterocycles. The molecule has 0 spiro atoms. The van der Waals surface area contributed by atoms with Crippen molar-refractivity contribution < 1.29 is 4.79 Å². The number of carbonyl (C=O) groups is 1. The van der Waals surface area contributed by atoms with Crippen LogP contribution in [0.15, 0.2) is 24.3 Å². The number of hydrogen-bond donors (Lipinski definition) is 1. The minimum Gasteiger partial charge on any atom is -0.349 e. The summed E-state index contributed by atoms with van der Waals surface area (Å²) in [5.74, 6) is 0.445. The van der Waals surface area contributed by atoms with E-state index in [1.165, 1.54) is 0 Å². The number of carbonyl (C=O) groups excluding carboxylic acids is 1. The van der Waals surface area contributed by atoms with Crippen LogP contribution in [0.3, 0.4) is 0 Å². The van der Waals surface area contributed by atoms with Gasteiger partial charge in [0.15, 0.2) is 0 Å². The lowest BCUT2D eigenvalue weighted by atomic mass is 9.94. The summed E-state index contributed by atoms with van der Waals surface area (Å²) in [7, 11) is 5.60. The first-order chi connectivity index (χ1) is 7.16. The molecule has 15 heavy (non-hydrogen) atoms. The average Bonchev–Trinajstić information content (AvgIpc) is 3.01. The van der Waals surface area contributed by atoms with E-state index in [0.717, 1.165) is 23.9 Å². The van der Waals surface area contributed by atoms with E-state index < -0.39 is 0 Å². The Hall–Kier alpha value is -1.25. The molecular weight excluding hydrogens is 185 g/mol. The second-order valence-corrected chi connectivity index (χ2v) is 4.17. The van der Waals surface area contributed by atoms with Crippen LogP contribution in [-0.4, -0.2) is 13.8 Å². The first-order valence-corrected chi connectivity index (χ1v) is 5.32.